The van der Waals surface area contributed by atoms with E-state index in [4.69, 9.17) is 11.6 Å². The number of nitrogens with zero attached hydrogens (tertiary/aromatic N) is 4. The fourth-order valence-electron chi connectivity index (χ4n) is 3.62. The number of hydrogen-bond acceptors (Lipinski definition) is 4. The third-order valence-electron chi connectivity index (χ3n) is 5.27. The zero-order valence-corrected chi connectivity index (χ0v) is 15.9. The summed E-state index contributed by atoms with van der Waals surface area (Å²) in [5, 5.41) is 4.75. The van der Waals surface area contributed by atoms with E-state index in [9.17, 15) is 9.59 Å². The lowest BCUT2D eigenvalue weighted by Crippen LogP contribution is -2.47. The van der Waals surface area contributed by atoms with Crippen LogP contribution in [0.5, 0.6) is 0 Å². The first-order valence-electron chi connectivity index (χ1n) is 8.81. The summed E-state index contributed by atoms with van der Waals surface area (Å²) in [6.07, 6.45) is 2.36. The van der Waals surface area contributed by atoms with Crippen molar-refractivity contribution in [2.45, 2.75) is 32.7 Å². The molecular formula is C19H21ClN4O2. The summed E-state index contributed by atoms with van der Waals surface area (Å²) in [4.78, 5) is 30.0. The zero-order valence-electron chi connectivity index (χ0n) is 15.1. The molecule has 0 atom stereocenters. The van der Waals surface area contributed by atoms with Gasteiger partial charge in [-0.2, -0.15) is 5.10 Å². The van der Waals surface area contributed by atoms with Crippen LogP contribution in [0.4, 0.5) is 11.4 Å². The van der Waals surface area contributed by atoms with E-state index in [1.807, 2.05) is 18.2 Å². The molecule has 1 aliphatic carbocycles. The third kappa shape index (κ3) is 2.69. The van der Waals surface area contributed by atoms with Crippen molar-refractivity contribution in [3.05, 3.63) is 50.4 Å². The molecule has 0 radical (unpaired) electrons. The molecule has 136 valence electrons. The highest BCUT2D eigenvalue weighted by Crippen LogP contribution is 2.41. The van der Waals surface area contributed by atoms with Crippen LogP contribution in [0.15, 0.2) is 23.0 Å². The molecule has 0 unspecified atom stereocenters. The molecule has 2 heterocycles. The summed E-state index contributed by atoms with van der Waals surface area (Å²) in [6, 6.07) is 6.19. The number of aromatic nitrogens is 2. The van der Waals surface area contributed by atoms with Crippen LogP contribution in [-0.2, 0) is 7.05 Å². The maximum Gasteiger partial charge on any atom is 0.279 e. The fraction of sp³-hybridized carbons (Fsp3) is 0.421. The molecule has 7 heteroatoms. The summed E-state index contributed by atoms with van der Waals surface area (Å²) in [5.74, 6) is -0.285. The predicted octanol–water partition coefficient (Wildman–Crippen LogP) is 2.68. The Morgan fingerprint density at radius 1 is 1.19 bits per heavy atom. The summed E-state index contributed by atoms with van der Waals surface area (Å²) in [6.45, 7) is 4.87. The normalized spacial score (nSPS) is 16.6. The van der Waals surface area contributed by atoms with Crippen molar-refractivity contribution in [3.63, 3.8) is 0 Å². The maximum absolute atomic E-state index is 13.3. The van der Waals surface area contributed by atoms with Crippen LogP contribution >= 0.6 is 11.6 Å². The van der Waals surface area contributed by atoms with Gasteiger partial charge in [0, 0.05) is 31.2 Å². The van der Waals surface area contributed by atoms with Crippen LogP contribution in [0.2, 0.25) is 5.02 Å². The highest BCUT2D eigenvalue weighted by Gasteiger charge is 2.36. The summed E-state index contributed by atoms with van der Waals surface area (Å²) in [7, 11) is 1.57. The number of rotatable bonds is 2. The van der Waals surface area contributed by atoms with Crippen molar-refractivity contribution >= 4 is 28.9 Å². The van der Waals surface area contributed by atoms with Crippen molar-refractivity contribution in [3.8, 4) is 0 Å². The van der Waals surface area contributed by atoms with Gasteiger partial charge in [0.1, 0.15) is 5.56 Å². The van der Waals surface area contributed by atoms with E-state index in [1.54, 1.807) is 25.8 Å². The number of benzene rings is 1. The lowest BCUT2D eigenvalue weighted by Gasteiger charge is -2.38. The topological polar surface area (TPSA) is 58.4 Å². The second kappa shape index (κ2) is 6.13. The first kappa shape index (κ1) is 17.1. The molecule has 0 saturated heterocycles. The van der Waals surface area contributed by atoms with E-state index in [-0.39, 0.29) is 17.0 Å². The largest absolute Gasteiger partial charge is 0.365 e. The van der Waals surface area contributed by atoms with Gasteiger partial charge in [-0.15, -0.1) is 0 Å². The minimum absolute atomic E-state index is 0.186. The third-order valence-corrected chi connectivity index (χ3v) is 5.51. The van der Waals surface area contributed by atoms with Gasteiger partial charge in [0.15, 0.2) is 0 Å². The van der Waals surface area contributed by atoms with Gasteiger partial charge in [-0.1, -0.05) is 11.6 Å². The summed E-state index contributed by atoms with van der Waals surface area (Å²) < 4.78 is 1.23. The standard InChI is InChI=1S/C19H21ClN4O2/c1-11-12(2)21-22(3)18(25)17(11)19(26)24-9-8-23(14-5-6-14)15-7-4-13(20)10-16(15)24/h4,7,10,14H,5-6,8-9H2,1-3H3. The van der Waals surface area contributed by atoms with Gasteiger partial charge in [0.2, 0.25) is 0 Å². The molecule has 6 nitrogen and oxygen atoms in total. The molecule has 1 amide bonds. The van der Waals surface area contributed by atoms with Crippen molar-refractivity contribution < 1.29 is 4.79 Å². The summed E-state index contributed by atoms with van der Waals surface area (Å²) >= 11 is 6.22. The molecule has 2 aliphatic rings. The molecular weight excluding hydrogens is 352 g/mol. The first-order valence-corrected chi connectivity index (χ1v) is 9.19. The molecule has 1 aromatic heterocycles. The van der Waals surface area contributed by atoms with Gasteiger partial charge in [-0.3, -0.25) is 9.59 Å². The predicted molar refractivity (Wildman–Crippen MR) is 102 cm³/mol. The lowest BCUT2D eigenvalue weighted by molar-refractivity contribution is 0.0983. The SMILES string of the molecule is Cc1nn(C)c(=O)c(C(=O)N2CCN(C3CC3)c3ccc(Cl)cc32)c1C. The van der Waals surface area contributed by atoms with Crippen molar-refractivity contribution in [2.75, 3.05) is 22.9 Å². The Balaban J connectivity index is 1.82. The number of hydrogen-bond donors (Lipinski definition) is 0. The Hall–Kier alpha value is -2.34. The first-order chi connectivity index (χ1) is 12.4. The van der Waals surface area contributed by atoms with Crippen LogP contribution in [0.25, 0.3) is 0 Å². The molecule has 1 aliphatic heterocycles. The lowest BCUT2D eigenvalue weighted by atomic mass is 10.1. The monoisotopic (exact) mass is 372 g/mol. The number of carbonyl (C=O) groups is 1. The molecule has 0 spiro atoms. The quantitative estimate of drug-likeness (QED) is 0.813. The molecule has 1 aromatic carbocycles. The Morgan fingerprint density at radius 3 is 2.62 bits per heavy atom. The van der Waals surface area contributed by atoms with Crippen molar-refractivity contribution in [1.82, 2.24) is 9.78 Å². The van der Waals surface area contributed by atoms with E-state index in [2.05, 4.69) is 10.00 Å². The zero-order chi connectivity index (χ0) is 18.6. The van der Waals surface area contributed by atoms with Crippen LogP contribution in [0, 0.1) is 13.8 Å². The molecule has 1 saturated carbocycles. The van der Waals surface area contributed by atoms with Crippen molar-refractivity contribution in [2.24, 2.45) is 7.05 Å². The smallest absolute Gasteiger partial charge is 0.279 e. The van der Waals surface area contributed by atoms with Crippen LogP contribution < -0.4 is 15.4 Å². The number of carbonyl (C=O) groups excluding carboxylic acids is 1. The molecule has 4 rings (SSSR count). The fourth-order valence-corrected chi connectivity index (χ4v) is 3.78. The maximum atomic E-state index is 13.3. The van der Waals surface area contributed by atoms with Gasteiger partial charge < -0.3 is 9.80 Å². The number of fused-ring (bicyclic) bond motifs is 1. The average Bonchev–Trinajstić information content (AvgIpc) is 3.44. The second-order valence-corrected chi connectivity index (χ2v) is 7.47. The van der Waals surface area contributed by atoms with Gasteiger partial charge in [0.05, 0.1) is 17.1 Å². The van der Waals surface area contributed by atoms with Gasteiger partial charge in [0.25, 0.3) is 11.5 Å². The van der Waals surface area contributed by atoms with E-state index in [0.717, 1.165) is 17.9 Å². The van der Waals surface area contributed by atoms with Gasteiger partial charge in [-0.05, 0) is 50.5 Å². The molecule has 0 N–H and O–H groups in total. The molecule has 26 heavy (non-hydrogen) atoms. The van der Waals surface area contributed by atoms with Crippen LogP contribution in [0.3, 0.4) is 0 Å². The van der Waals surface area contributed by atoms with E-state index >= 15 is 0 Å². The Morgan fingerprint density at radius 2 is 1.92 bits per heavy atom. The minimum Gasteiger partial charge on any atom is -0.365 e. The Kier molecular flexibility index (Phi) is 4.03. The molecule has 1 fully saturated rings. The number of amides is 1. The Bertz CT molecular complexity index is 965. The molecule has 0 bridgehead atoms. The average molecular weight is 373 g/mol. The number of aryl methyl sites for hydroxylation is 2. The van der Waals surface area contributed by atoms with Crippen LogP contribution in [-0.4, -0.2) is 34.8 Å². The highest BCUT2D eigenvalue weighted by atomic mass is 35.5. The van der Waals surface area contributed by atoms with Gasteiger partial charge >= 0.3 is 0 Å². The van der Waals surface area contributed by atoms with Crippen LogP contribution in [0.1, 0.15) is 34.5 Å². The number of halogens is 1. The van der Waals surface area contributed by atoms with Gasteiger partial charge in [-0.25, -0.2) is 4.68 Å². The van der Waals surface area contributed by atoms with E-state index < -0.39 is 0 Å². The highest BCUT2D eigenvalue weighted by molar-refractivity contribution is 6.31. The van der Waals surface area contributed by atoms with E-state index in [0.29, 0.717) is 28.9 Å². The van der Waals surface area contributed by atoms with Crippen molar-refractivity contribution in [1.29, 1.82) is 0 Å². The number of anilines is 2. The van der Waals surface area contributed by atoms with E-state index in [1.165, 1.54) is 17.5 Å². The Labute approximate surface area is 157 Å². The summed E-state index contributed by atoms with van der Waals surface area (Å²) in [5.41, 5.74) is 2.91. The molecule has 2 aromatic rings. The minimum atomic E-state index is -0.369. The second-order valence-electron chi connectivity index (χ2n) is 7.03.